The average Bonchev–Trinajstić information content (AvgIpc) is 2.92. The second kappa shape index (κ2) is 14.2. The van der Waals surface area contributed by atoms with E-state index in [9.17, 15) is 14.7 Å². The number of azo groups is 1. The van der Waals surface area contributed by atoms with Gasteiger partial charge < -0.3 is 21.5 Å². The van der Waals surface area contributed by atoms with Crippen LogP contribution in [-0.4, -0.2) is 30.0 Å². The number of nitrogens with two attached hydrogens (primary N) is 1. The van der Waals surface area contributed by atoms with Gasteiger partial charge in [0, 0.05) is 30.8 Å². The molecule has 8 heteroatoms. The Morgan fingerprint density at radius 3 is 1.92 bits per heavy atom. The number of hydrogen-bond donors (Lipinski definition) is 4. The van der Waals surface area contributed by atoms with Crippen LogP contribution in [0.3, 0.4) is 0 Å². The number of hydrogen-bond acceptors (Lipinski definition) is 6. The number of amides is 2. The third kappa shape index (κ3) is 8.75. The molecule has 2 amide bonds. The zero-order valence-corrected chi connectivity index (χ0v) is 23.2. The number of rotatable bonds is 12. The molecule has 0 bridgehead atoms. The maximum Gasteiger partial charge on any atom is 0.251 e. The summed E-state index contributed by atoms with van der Waals surface area (Å²) in [6.07, 6.45) is 1.88. The van der Waals surface area contributed by atoms with Gasteiger partial charge in [-0.2, -0.15) is 10.2 Å². The van der Waals surface area contributed by atoms with Crippen LogP contribution < -0.4 is 16.4 Å². The molecule has 3 aromatic carbocycles. The normalized spacial score (nSPS) is 11.4. The molecule has 0 fully saturated rings. The molecule has 206 valence electrons. The van der Waals surface area contributed by atoms with Crippen molar-refractivity contribution in [3.05, 3.63) is 82.9 Å². The number of carbonyl (C=O) groups excluding carboxylic acids is 2. The Morgan fingerprint density at radius 1 is 0.872 bits per heavy atom. The summed E-state index contributed by atoms with van der Waals surface area (Å²) in [5.74, 6) is 0.627. The second-order valence-electron chi connectivity index (χ2n) is 10.2. The summed E-state index contributed by atoms with van der Waals surface area (Å²) in [7, 11) is 0. The van der Waals surface area contributed by atoms with E-state index in [1.165, 1.54) is 0 Å². The fraction of sp³-hybridized carbons (Fsp3) is 0.355. The Morgan fingerprint density at radius 2 is 1.41 bits per heavy atom. The minimum absolute atomic E-state index is 0.0492. The number of aromatic hydroxyl groups is 1. The fourth-order valence-electron chi connectivity index (χ4n) is 4.14. The number of carbonyl (C=O) groups is 2. The number of benzene rings is 3. The Labute approximate surface area is 230 Å². The lowest BCUT2D eigenvalue weighted by atomic mass is 9.90. The molecular weight excluding hydrogens is 490 g/mol. The van der Waals surface area contributed by atoms with E-state index in [1.54, 1.807) is 48.5 Å². The monoisotopic (exact) mass is 529 g/mol. The van der Waals surface area contributed by atoms with Crippen LogP contribution in [0.2, 0.25) is 0 Å². The van der Waals surface area contributed by atoms with Gasteiger partial charge in [-0.3, -0.25) is 9.59 Å². The molecule has 5 N–H and O–H groups in total. The highest BCUT2D eigenvalue weighted by Gasteiger charge is 2.15. The van der Waals surface area contributed by atoms with E-state index in [4.69, 9.17) is 5.73 Å². The Balaban J connectivity index is 1.50. The Kier molecular flexibility index (Phi) is 10.8. The molecule has 0 heterocycles. The molecule has 0 spiro atoms. The molecule has 3 aromatic rings. The largest absolute Gasteiger partial charge is 0.507 e. The first-order valence-electron chi connectivity index (χ1n) is 13.4. The van der Waals surface area contributed by atoms with Crippen molar-refractivity contribution in [2.75, 3.05) is 18.4 Å². The van der Waals surface area contributed by atoms with E-state index in [-0.39, 0.29) is 23.7 Å². The highest BCUT2D eigenvalue weighted by atomic mass is 16.3. The van der Waals surface area contributed by atoms with Crippen LogP contribution in [0.25, 0.3) is 0 Å². The van der Waals surface area contributed by atoms with Gasteiger partial charge in [-0.15, -0.1) is 0 Å². The molecular formula is C31H39N5O3. The van der Waals surface area contributed by atoms with Crippen LogP contribution >= 0.6 is 0 Å². The lowest BCUT2D eigenvalue weighted by Gasteiger charge is -2.17. The van der Waals surface area contributed by atoms with E-state index in [2.05, 4.69) is 60.7 Å². The van der Waals surface area contributed by atoms with Crippen LogP contribution in [0.4, 0.5) is 17.1 Å². The second-order valence-corrected chi connectivity index (χ2v) is 10.2. The molecule has 0 unspecified atom stereocenters. The lowest BCUT2D eigenvalue weighted by molar-refractivity contribution is -0.116. The number of aryl methyl sites for hydroxylation is 1. The molecule has 0 aliphatic heterocycles. The molecule has 0 atom stereocenters. The van der Waals surface area contributed by atoms with Crippen LogP contribution in [0.5, 0.6) is 5.75 Å². The molecule has 0 aliphatic rings. The maximum atomic E-state index is 12.5. The number of phenols is 1. The summed E-state index contributed by atoms with van der Waals surface area (Å²) in [6.45, 7) is 9.12. The predicted octanol–water partition coefficient (Wildman–Crippen LogP) is 6.70. The van der Waals surface area contributed by atoms with Gasteiger partial charge >= 0.3 is 0 Å². The van der Waals surface area contributed by atoms with E-state index in [1.807, 2.05) is 0 Å². The van der Waals surface area contributed by atoms with Crippen molar-refractivity contribution >= 4 is 28.9 Å². The molecule has 3 rings (SSSR count). The van der Waals surface area contributed by atoms with Crippen molar-refractivity contribution in [1.82, 2.24) is 5.32 Å². The zero-order chi connectivity index (χ0) is 28.4. The van der Waals surface area contributed by atoms with Gasteiger partial charge in [-0.1, -0.05) is 39.8 Å². The van der Waals surface area contributed by atoms with Gasteiger partial charge in [0.25, 0.3) is 5.91 Å². The SMILES string of the molecule is CC(C)c1cc(CCCC(=O)Nc2ccc(/N=N/c3ccc(C(=O)NCCN)cc3)cc2)cc(C(C)C)c1O. The highest BCUT2D eigenvalue weighted by molar-refractivity contribution is 5.94. The summed E-state index contributed by atoms with van der Waals surface area (Å²) < 4.78 is 0. The molecule has 0 saturated carbocycles. The van der Waals surface area contributed by atoms with Gasteiger partial charge in [0.15, 0.2) is 0 Å². The lowest BCUT2D eigenvalue weighted by Crippen LogP contribution is -2.28. The van der Waals surface area contributed by atoms with Crippen molar-refractivity contribution in [1.29, 1.82) is 0 Å². The van der Waals surface area contributed by atoms with Crippen LogP contribution in [0, 0.1) is 0 Å². The van der Waals surface area contributed by atoms with Gasteiger partial charge in [0.1, 0.15) is 5.75 Å². The van der Waals surface area contributed by atoms with Gasteiger partial charge in [0.2, 0.25) is 5.91 Å². The molecule has 0 aliphatic carbocycles. The fourth-order valence-corrected chi connectivity index (χ4v) is 4.14. The predicted molar refractivity (Wildman–Crippen MR) is 156 cm³/mol. The van der Waals surface area contributed by atoms with Crippen LogP contribution in [0.1, 0.15) is 79.4 Å². The minimum atomic E-state index is -0.178. The topological polar surface area (TPSA) is 129 Å². The first kappa shape index (κ1) is 29.5. The number of anilines is 1. The molecule has 0 radical (unpaired) electrons. The van der Waals surface area contributed by atoms with Gasteiger partial charge in [0.05, 0.1) is 11.4 Å². The molecule has 8 nitrogen and oxygen atoms in total. The van der Waals surface area contributed by atoms with Crippen LogP contribution in [0.15, 0.2) is 70.9 Å². The quantitative estimate of drug-likeness (QED) is 0.194. The molecule has 39 heavy (non-hydrogen) atoms. The van der Waals surface area contributed by atoms with Gasteiger partial charge in [-0.25, -0.2) is 0 Å². The minimum Gasteiger partial charge on any atom is -0.507 e. The Bertz CT molecular complexity index is 1250. The summed E-state index contributed by atoms with van der Waals surface area (Å²) in [6, 6.07) is 18.1. The van der Waals surface area contributed by atoms with E-state index in [0.717, 1.165) is 23.1 Å². The zero-order valence-electron chi connectivity index (χ0n) is 23.2. The van der Waals surface area contributed by atoms with Gasteiger partial charge in [-0.05, 0) is 89.9 Å². The number of nitrogens with zero attached hydrogens (tertiary/aromatic N) is 2. The maximum absolute atomic E-state index is 12.5. The smallest absolute Gasteiger partial charge is 0.251 e. The summed E-state index contributed by atoms with van der Waals surface area (Å²) in [5.41, 5.74) is 11.0. The van der Waals surface area contributed by atoms with Crippen molar-refractivity contribution in [2.45, 2.75) is 58.8 Å². The van der Waals surface area contributed by atoms with Crippen molar-refractivity contribution in [3.63, 3.8) is 0 Å². The van der Waals surface area contributed by atoms with E-state index >= 15 is 0 Å². The van der Waals surface area contributed by atoms with E-state index < -0.39 is 0 Å². The van der Waals surface area contributed by atoms with Crippen molar-refractivity contribution < 1.29 is 14.7 Å². The first-order chi connectivity index (χ1) is 18.7. The number of phenolic OH excluding ortho intramolecular Hbond substituents is 1. The third-order valence-corrected chi connectivity index (χ3v) is 6.33. The summed E-state index contributed by atoms with van der Waals surface area (Å²) >= 11 is 0. The summed E-state index contributed by atoms with van der Waals surface area (Å²) in [5, 5.41) is 24.7. The van der Waals surface area contributed by atoms with E-state index in [0.29, 0.717) is 54.3 Å². The highest BCUT2D eigenvalue weighted by Crippen LogP contribution is 2.35. The standard InChI is InChI=1S/C31H39N5O3/c1-20(2)27-18-22(19-28(21(3)4)30(27)38)6-5-7-29(37)34-24-12-14-26(15-13-24)36-35-25-10-8-23(9-11-25)31(39)33-17-16-32/h8-15,18-21,38H,5-7,16-17,32H2,1-4H3,(H,33,39)(H,34,37)/b36-35+. The van der Waals surface area contributed by atoms with Crippen molar-refractivity contribution in [3.8, 4) is 5.75 Å². The third-order valence-electron chi connectivity index (χ3n) is 6.33. The molecule has 0 aromatic heterocycles. The first-order valence-corrected chi connectivity index (χ1v) is 13.4. The molecule has 0 saturated heterocycles. The van der Waals surface area contributed by atoms with Crippen LogP contribution in [-0.2, 0) is 11.2 Å². The van der Waals surface area contributed by atoms with Crippen molar-refractivity contribution in [2.24, 2.45) is 16.0 Å². The summed E-state index contributed by atoms with van der Waals surface area (Å²) in [4.78, 5) is 24.5. The average molecular weight is 530 g/mol. The Hall–Kier alpha value is -4.04. The number of nitrogens with one attached hydrogen (secondary N) is 2.